The lowest BCUT2D eigenvalue weighted by Gasteiger charge is -2.14. The van der Waals surface area contributed by atoms with Crippen LogP contribution in [0.5, 0.6) is 0 Å². The van der Waals surface area contributed by atoms with Gasteiger partial charge in [-0.2, -0.15) is 8.78 Å². The van der Waals surface area contributed by atoms with Gasteiger partial charge in [0, 0.05) is 0 Å². The highest BCUT2D eigenvalue weighted by atomic mass is 19.3. The SMILES string of the molecule is C[C@H]1CCC[C@H]1OC(F)F. The summed E-state index contributed by atoms with van der Waals surface area (Å²) in [5, 5.41) is 0. The predicted molar refractivity (Wildman–Crippen MR) is 33.9 cm³/mol. The van der Waals surface area contributed by atoms with E-state index in [9.17, 15) is 8.78 Å². The van der Waals surface area contributed by atoms with Crippen LogP contribution < -0.4 is 0 Å². The first-order valence-corrected chi connectivity index (χ1v) is 3.64. The molecule has 10 heavy (non-hydrogen) atoms. The quantitative estimate of drug-likeness (QED) is 0.587. The second kappa shape index (κ2) is 3.28. The van der Waals surface area contributed by atoms with Crippen molar-refractivity contribution in [2.45, 2.75) is 38.9 Å². The van der Waals surface area contributed by atoms with Gasteiger partial charge in [-0.05, 0) is 18.8 Å². The van der Waals surface area contributed by atoms with E-state index in [2.05, 4.69) is 4.74 Å². The molecule has 0 aliphatic heterocycles. The Morgan fingerprint density at radius 1 is 1.40 bits per heavy atom. The van der Waals surface area contributed by atoms with Crippen molar-refractivity contribution in [3.63, 3.8) is 0 Å². The van der Waals surface area contributed by atoms with Crippen LogP contribution in [0.2, 0.25) is 0 Å². The van der Waals surface area contributed by atoms with Crippen LogP contribution in [-0.2, 0) is 4.74 Å². The van der Waals surface area contributed by atoms with Crippen molar-refractivity contribution < 1.29 is 13.5 Å². The molecule has 0 aromatic rings. The van der Waals surface area contributed by atoms with E-state index < -0.39 is 6.61 Å². The highest BCUT2D eigenvalue weighted by Gasteiger charge is 2.26. The van der Waals surface area contributed by atoms with Gasteiger partial charge in [-0.3, -0.25) is 0 Å². The molecule has 0 radical (unpaired) electrons. The number of hydrogen-bond donors (Lipinski definition) is 0. The van der Waals surface area contributed by atoms with Gasteiger partial charge in [0.15, 0.2) is 0 Å². The summed E-state index contributed by atoms with van der Waals surface area (Å²) in [6.07, 6.45) is 2.65. The highest BCUT2D eigenvalue weighted by Crippen LogP contribution is 2.28. The molecule has 0 heterocycles. The molecule has 0 aromatic carbocycles. The Kier molecular flexibility index (Phi) is 2.60. The Morgan fingerprint density at radius 3 is 2.50 bits per heavy atom. The summed E-state index contributed by atoms with van der Waals surface area (Å²) >= 11 is 0. The topological polar surface area (TPSA) is 9.23 Å². The lowest BCUT2D eigenvalue weighted by molar-refractivity contribution is -0.169. The molecule has 1 saturated carbocycles. The fourth-order valence-electron chi connectivity index (χ4n) is 1.45. The Balaban J connectivity index is 2.26. The molecular formula is C7H12F2O. The van der Waals surface area contributed by atoms with E-state index >= 15 is 0 Å². The third-order valence-corrected chi connectivity index (χ3v) is 2.06. The third-order valence-electron chi connectivity index (χ3n) is 2.06. The molecule has 0 aromatic heterocycles. The van der Waals surface area contributed by atoms with E-state index in [0.717, 1.165) is 19.3 Å². The van der Waals surface area contributed by atoms with Crippen LogP contribution in [0.3, 0.4) is 0 Å². The third kappa shape index (κ3) is 1.90. The lowest BCUT2D eigenvalue weighted by atomic mass is 10.1. The minimum absolute atomic E-state index is 0.194. The van der Waals surface area contributed by atoms with Gasteiger partial charge < -0.3 is 4.74 Å². The zero-order valence-corrected chi connectivity index (χ0v) is 6.02. The van der Waals surface area contributed by atoms with Gasteiger partial charge in [0.25, 0.3) is 0 Å². The highest BCUT2D eigenvalue weighted by molar-refractivity contribution is 4.74. The normalized spacial score (nSPS) is 33.6. The average molecular weight is 150 g/mol. The molecule has 2 atom stereocenters. The van der Waals surface area contributed by atoms with Gasteiger partial charge >= 0.3 is 6.61 Å². The summed E-state index contributed by atoms with van der Waals surface area (Å²) in [5.74, 6) is 0.314. The van der Waals surface area contributed by atoms with E-state index in [4.69, 9.17) is 0 Å². The standard InChI is InChI=1S/C7H12F2O/c1-5-3-2-4-6(5)10-7(8)9/h5-7H,2-4H2,1H3/t5-,6+/m0/s1. The zero-order valence-electron chi connectivity index (χ0n) is 6.02. The van der Waals surface area contributed by atoms with Crippen LogP contribution in [-0.4, -0.2) is 12.7 Å². The van der Waals surface area contributed by atoms with Crippen molar-refractivity contribution in [3.8, 4) is 0 Å². The molecule has 0 bridgehead atoms. The molecular weight excluding hydrogens is 138 g/mol. The summed E-state index contributed by atoms with van der Waals surface area (Å²) in [5.41, 5.74) is 0. The van der Waals surface area contributed by atoms with Gasteiger partial charge in [-0.1, -0.05) is 13.3 Å². The molecule has 3 heteroatoms. The smallest absolute Gasteiger partial charge is 0.319 e. The predicted octanol–water partition coefficient (Wildman–Crippen LogP) is 2.41. The summed E-state index contributed by atoms with van der Waals surface area (Å²) < 4.78 is 27.7. The number of hydrogen-bond acceptors (Lipinski definition) is 1. The Morgan fingerprint density at radius 2 is 2.10 bits per heavy atom. The summed E-state index contributed by atoms with van der Waals surface area (Å²) in [7, 11) is 0. The Bertz CT molecular complexity index is 106. The van der Waals surface area contributed by atoms with Gasteiger partial charge in [-0.25, -0.2) is 0 Å². The molecule has 1 nitrogen and oxygen atoms in total. The van der Waals surface area contributed by atoms with Crippen molar-refractivity contribution in [1.82, 2.24) is 0 Å². The molecule has 1 aliphatic rings. The molecule has 0 unspecified atom stereocenters. The fraction of sp³-hybridized carbons (Fsp3) is 1.00. The number of rotatable bonds is 2. The number of halogens is 2. The van der Waals surface area contributed by atoms with Crippen molar-refractivity contribution in [3.05, 3.63) is 0 Å². The van der Waals surface area contributed by atoms with Crippen LogP contribution in [0.25, 0.3) is 0 Å². The second-order valence-electron chi connectivity index (χ2n) is 2.84. The largest absolute Gasteiger partial charge is 0.345 e. The first-order valence-electron chi connectivity index (χ1n) is 3.64. The van der Waals surface area contributed by atoms with Crippen LogP contribution in [0.1, 0.15) is 26.2 Å². The fourth-order valence-corrected chi connectivity index (χ4v) is 1.45. The van der Waals surface area contributed by atoms with E-state index in [1.54, 1.807) is 0 Å². The van der Waals surface area contributed by atoms with E-state index in [0.29, 0.717) is 5.92 Å². The Hall–Kier alpha value is -0.180. The lowest BCUT2D eigenvalue weighted by Crippen LogP contribution is -2.18. The first-order chi connectivity index (χ1) is 4.70. The molecule has 0 amide bonds. The summed E-state index contributed by atoms with van der Waals surface area (Å²) in [6.45, 7) is -0.634. The maximum absolute atomic E-state index is 11.6. The molecule has 0 saturated heterocycles. The molecule has 1 aliphatic carbocycles. The summed E-state index contributed by atoms with van der Waals surface area (Å²) in [6, 6.07) is 0. The molecule has 1 fully saturated rings. The van der Waals surface area contributed by atoms with Crippen molar-refractivity contribution in [2.75, 3.05) is 0 Å². The minimum atomic E-state index is -2.59. The van der Waals surface area contributed by atoms with Gasteiger partial charge in [0.2, 0.25) is 0 Å². The van der Waals surface area contributed by atoms with Crippen LogP contribution in [0.15, 0.2) is 0 Å². The molecule has 0 spiro atoms. The van der Waals surface area contributed by atoms with E-state index in [-0.39, 0.29) is 6.10 Å². The van der Waals surface area contributed by atoms with Crippen molar-refractivity contribution >= 4 is 0 Å². The van der Waals surface area contributed by atoms with Gasteiger partial charge in [0.1, 0.15) is 0 Å². The minimum Gasteiger partial charge on any atom is -0.319 e. The zero-order chi connectivity index (χ0) is 7.56. The van der Waals surface area contributed by atoms with Gasteiger partial charge in [0.05, 0.1) is 6.10 Å². The van der Waals surface area contributed by atoms with Crippen LogP contribution >= 0.6 is 0 Å². The van der Waals surface area contributed by atoms with Crippen LogP contribution in [0, 0.1) is 5.92 Å². The second-order valence-corrected chi connectivity index (χ2v) is 2.84. The van der Waals surface area contributed by atoms with Crippen molar-refractivity contribution in [2.24, 2.45) is 5.92 Å². The number of alkyl halides is 2. The summed E-state index contributed by atoms with van der Waals surface area (Å²) in [4.78, 5) is 0. The van der Waals surface area contributed by atoms with Crippen LogP contribution in [0.4, 0.5) is 8.78 Å². The maximum atomic E-state index is 11.6. The molecule has 1 rings (SSSR count). The van der Waals surface area contributed by atoms with Crippen molar-refractivity contribution in [1.29, 1.82) is 0 Å². The van der Waals surface area contributed by atoms with E-state index in [1.165, 1.54) is 0 Å². The maximum Gasteiger partial charge on any atom is 0.345 e. The first kappa shape index (κ1) is 7.92. The molecule has 0 N–H and O–H groups in total. The Labute approximate surface area is 59.4 Å². The van der Waals surface area contributed by atoms with E-state index in [1.807, 2.05) is 6.92 Å². The average Bonchev–Trinajstić information content (AvgIpc) is 2.15. The monoisotopic (exact) mass is 150 g/mol. The molecule has 60 valence electrons. The van der Waals surface area contributed by atoms with Gasteiger partial charge in [-0.15, -0.1) is 0 Å². The number of ether oxygens (including phenoxy) is 1.